The summed E-state index contributed by atoms with van der Waals surface area (Å²) < 4.78 is 40.0. The van der Waals surface area contributed by atoms with E-state index in [0.717, 1.165) is 0 Å². The zero-order valence-electron chi connectivity index (χ0n) is 8.48. The number of hydrogen-bond donors (Lipinski definition) is 1. The third kappa shape index (κ3) is 5.55. The van der Waals surface area contributed by atoms with Crippen molar-refractivity contribution in [2.24, 2.45) is 0 Å². The molecule has 3 nitrogen and oxygen atoms in total. The van der Waals surface area contributed by atoms with Gasteiger partial charge in [0, 0.05) is 0 Å². The number of halogens is 4. The molecule has 1 unspecified atom stereocenters. The number of carbonyl (C=O) groups is 1. The Morgan fingerprint density at radius 2 is 1.82 bits per heavy atom. The maximum Gasteiger partial charge on any atom is 0.411 e. The number of rotatable bonds is 4. The first kappa shape index (κ1) is 15.7. The predicted octanol–water partition coefficient (Wildman–Crippen LogP) is 2.81. The van der Waals surface area contributed by atoms with E-state index in [2.05, 4.69) is 4.74 Å². The van der Waals surface area contributed by atoms with Crippen molar-refractivity contribution in [2.45, 2.75) is 12.3 Å². The monoisotopic (exact) mass is 270 g/mol. The van der Waals surface area contributed by atoms with Gasteiger partial charge < -0.3 is 9.84 Å². The molecule has 0 aromatic heterocycles. The molecule has 0 bridgehead atoms. The van der Waals surface area contributed by atoms with Gasteiger partial charge in [-0.05, 0) is 5.56 Å². The first-order valence-corrected chi connectivity index (χ1v) is 4.36. The molecule has 0 radical (unpaired) electrons. The molecule has 1 N–H and O–H groups in total. The Labute approximate surface area is 102 Å². The van der Waals surface area contributed by atoms with E-state index in [-0.39, 0.29) is 18.0 Å². The molecular formula is C10H10ClF3O3. The Balaban J connectivity index is 0.00000256. The molecule has 1 rings (SSSR count). The van der Waals surface area contributed by atoms with Crippen molar-refractivity contribution in [3.05, 3.63) is 35.9 Å². The summed E-state index contributed by atoms with van der Waals surface area (Å²) in [5.74, 6) is -1.45. The highest BCUT2D eigenvalue weighted by atomic mass is 35.5. The smallest absolute Gasteiger partial charge is 0.411 e. The highest BCUT2D eigenvalue weighted by molar-refractivity contribution is 5.85. The SMILES string of the molecule is Cl.O=C(O)C(OCC(F)(F)F)c1ccccc1. The number of carboxylic acids is 1. The van der Waals surface area contributed by atoms with Crippen molar-refractivity contribution in [2.75, 3.05) is 6.61 Å². The van der Waals surface area contributed by atoms with Gasteiger partial charge in [-0.25, -0.2) is 4.79 Å². The summed E-state index contributed by atoms with van der Waals surface area (Å²) >= 11 is 0. The molecule has 0 aliphatic carbocycles. The lowest BCUT2D eigenvalue weighted by atomic mass is 10.1. The average Bonchev–Trinajstić information content (AvgIpc) is 2.17. The molecular weight excluding hydrogens is 261 g/mol. The second-order valence-corrected chi connectivity index (χ2v) is 3.06. The standard InChI is InChI=1S/C10H9F3O3.ClH/c11-10(12,13)6-16-8(9(14)15)7-4-2-1-3-5-7;/h1-5,8H,6H2,(H,14,15);1H. The van der Waals surface area contributed by atoms with Gasteiger partial charge in [-0.3, -0.25) is 0 Å². The minimum Gasteiger partial charge on any atom is -0.479 e. The van der Waals surface area contributed by atoms with Crippen LogP contribution in [0.3, 0.4) is 0 Å². The van der Waals surface area contributed by atoms with Gasteiger partial charge in [-0.15, -0.1) is 12.4 Å². The molecule has 0 fully saturated rings. The van der Waals surface area contributed by atoms with Crippen LogP contribution in [0, 0.1) is 0 Å². The third-order valence-corrected chi connectivity index (χ3v) is 1.74. The first-order chi connectivity index (χ1) is 7.40. The van der Waals surface area contributed by atoms with Crippen LogP contribution in [0.4, 0.5) is 13.2 Å². The van der Waals surface area contributed by atoms with Crippen LogP contribution in [0.5, 0.6) is 0 Å². The number of carboxylic acid groups (broad SMARTS) is 1. The van der Waals surface area contributed by atoms with Gasteiger partial charge in [0.25, 0.3) is 0 Å². The van der Waals surface area contributed by atoms with Crippen LogP contribution in [0.25, 0.3) is 0 Å². The van der Waals surface area contributed by atoms with Crippen LogP contribution >= 0.6 is 12.4 Å². The maximum atomic E-state index is 11.9. The highest BCUT2D eigenvalue weighted by Gasteiger charge is 2.31. The molecule has 7 heteroatoms. The van der Waals surface area contributed by atoms with E-state index in [1.165, 1.54) is 24.3 Å². The summed E-state index contributed by atoms with van der Waals surface area (Å²) in [6.45, 7) is -1.58. The lowest BCUT2D eigenvalue weighted by Crippen LogP contribution is -2.23. The van der Waals surface area contributed by atoms with Crippen LogP contribution in [-0.2, 0) is 9.53 Å². The van der Waals surface area contributed by atoms with E-state index in [1.54, 1.807) is 6.07 Å². The second-order valence-electron chi connectivity index (χ2n) is 3.06. The minimum atomic E-state index is -4.54. The average molecular weight is 271 g/mol. The molecule has 0 saturated heterocycles. The van der Waals surface area contributed by atoms with Crippen molar-refractivity contribution in [3.8, 4) is 0 Å². The first-order valence-electron chi connectivity index (χ1n) is 4.36. The van der Waals surface area contributed by atoms with Crippen molar-refractivity contribution in [1.82, 2.24) is 0 Å². The van der Waals surface area contributed by atoms with E-state index in [1.807, 2.05) is 0 Å². The number of benzene rings is 1. The Hall–Kier alpha value is -1.27. The zero-order valence-corrected chi connectivity index (χ0v) is 9.29. The summed E-state index contributed by atoms with van der Waals surface area (Å²) in [5.41, 5.74) is 0.180. The Bertz CT molecular complexity index is 354. The van der Waals surface area contributed by atoms with Gasteiger partial charge >= 0.3 is 12.1 Å². The van der Waals surface area contributed by atoms with Gasteiger partial charge in [0.05, 0.1) is 0 Å². The summed E-state index contributed by atoms with van der Waals surface area (Å²) in [6, 6.07) is 7.49. The van der Waals surface area contributed by atoms with Crippen molar-refractivity contribution in [1.29, 1.82) is 0 Å². The molecule has 0 amide bonds. The number of aliphatic carboxylic acids is 1. The van der Waals surface area contributed by atoms with Crippen molar-refractivity contribution < 1.29 is 27.8 Å². The molecule has 0 aliphatic rings. The van der Waals surface area contributed by atoms with E-state index in [9.17, 15) is 18.0 Å². The molecule has 0 saturated carbocycles. The number of ether oxygens (including phenoxy) is 1. The molecule has 0 heterocycles. The molecule has 1 aromatic carbocycles. The summed E-state index contributed by atoms with van der Waals surface area (Å²) in [6.07, 6.45) is -6.13. The maximum absolute atomic E-state index is 11.9. The lowest BCUT2D eigenvalue weighted by Gasteiger charge is -2.15. The molecule has 0 aliphatic heterocycles. The zero-order chi connectivity index (χ0) is 12.2. The van der Waals surface area contributed by atoms with E-state index >= 15 is 0 Å². The lowest BCUT2D eigenvalue weighted by molar-refractivity contribution is -0.193. The fraction of sp³-hybridized carbons (Fsp3) is 0.300. The van der Waals surface area contributed by atoms with Gasteiger partial charge in [-0.2, -0.15) is 13.2 Å². The van der Waals surface area contributed by atoms with Gasteiger partial charge in [0.15, 0.2) is 6.10 Å². The van der Waals surface area contributed by atoms with Crippen LogP contribution in [0.1, 0.15) is 11.7 Å². The Morgan fingerprint density at radius 1 is 1.29 bits per heavy atom. The molecule has 0 spiro atoms. The van der Waals surface area contributed by atoms with Gasteiger partial charge in [0.2, 0.25) is 0 Å². The number of hydrogen-bond acceptors (Lipinski definition) is 2. The normalized spacial score (nSPS) is 12.6. The molecule has 1 atom stereocenters. The Morgan fingerprint density at radius 3 is 2.24 bits per heavy atom. The minimum absolute atomic E-state index is 0. The van der Waals surface area contributed by atoms with Gasteiger partial charge in [0.1, 0.15) is 6.61 Å². The fourth-order valence-corrected chi connectivity index (χ4v) is 1.12. The second kappa shape index (κ2) is 6.46. The molecule has 1 aromatic rings. The van der Waals surface area contributed by atoms with Crippen LogP contribution in [-0.4, -0.2) is 23.9 Å². The van der Waals surface area contributed by atoms with Crippen molar-refractivity contribution in [3.63, 3.8) is 0 Å². The van der Waals surface area contributed by atoms with Crippen molar-refractivity contribution >= 4 is 18.4 Å². The summed E-state index contributed by atoms with van der Waals surface area (Å²) in [4.78, 5) is 10.7. The quantitative estimate of drug-likeness (QED) is 0.915. The highest BCUT2D eigenvalue weighted by Crippen LogP contribution is 2.22. The van der Waals surface area contributed by atoms with Crippen LogP contribution in [0.2, 0.25) is 0 Å². The Kier molecular flexibility index (Phi) is 5.98. The fourth-order valence-electron chi connectivity index (χ4n) is 1.12. The van der Waals surface area contributed by atoms with Crippen LogP contribution < -0.4 is 0 Å². The van der Waals surface area contributed by atoms with Gasteiger partial charge in [-0.1, -0.05) is 30.3 Å². The largest absolute Gasteiger partial charge is 0.479 e. The topological polar surface area (TPSA) is 46.5 Å². The summed E-state index contributed by atoms with van der Waals surface area (Å²) in [5, 5.41) is 8.73. The summed E-state index contributed by atoms with van der Waals surface area (Å²) in [7, 11) is 0. The van der Waals surface area contributed by atoms with Crippen LogP contribution in [0.15, 0.2) is 30.3 Å². The van der Waals surface area contributed by atoms with E-state index < -0.39 is 24.9 Å². The van der Waals surface area contributed by atoms with E-state index in [0.29, 0.717) is 0 Å². The predicted molar refractivity (Wildman–Crippen MR) is 56.1 cm³/mol. The molecule has 96 valence electrons. The van der Waals surface area contributed by atoms with E-state index in [4.69, 9.17) is 5.11 Å². The molecule has 17 heavy (non-hydrogen) atoms. The number of alkyl halides is 3. The third-order valence-electron chi connectivity index (χ3n) is 1.74.